The topological polar surface area (TPSA) is 88.8 Å². The van der Waals surface area contributed by atoms with Gasteiger partial charge in [-0.3, -0.25) is 9.59 Å². The Morgan fingerprint density at radius 3 is 2.25 bits per heavy atom. The molecule has 0 atom stereocenters. The molecular formula is C22H20Cl2N4O4. The van der Waals surface area contributed by atoms with Gasteiger partial charge >= 0.3 is 0 Å². The fourth-order valence-electron chi connectivity index (χ4n) is 3.37. The molecule has 1 aliphatic heterocycles. The van der Waals surface area contributed by atoms with E-state index in [4.69, 9.17) is 32.5 Å². The van der Waals surface area contributed by atoms with Crippen molar-refractivity contribution < 1.29 is 18.8 Å². The lowest BCUT2D eigenvalue weighted by atomic mass is 10.1. The van der Waals surface area contributed by atoms with Crippen LogP contribution in [-0.4, -0.2) is 57.9 Å². The van der Waals surface area contributed by atoms with E-state index in [0.717, 1.165) is 0 Å². The third-order valence-electron chi connectivity index (χ3n) is 5.05. The number of carbonyl (C=O) groups is 2. The third-order valence-corrected chi connectivity index (χ3v) is 5.60. The maximum Gasteiger partial charge on any atom is 0.255 e. The van der Waals surface area contributed by atoms with Gasteiger partial charge in [0.15, 0.2) is 6.61 Å². The molecule has 0 radical (unpaired) electrons. The van der Waals surface area contributed by atoms with Crippen LogP contribution in [0.1, 0.15) is 32.4 Å². The summed E-state index contributed by atoms with van der Waals surface area (Å²) in [5.41, 5.74) is 0.954. The standard InChI is InChI=1S/C22H20Cl2N4O4/c1-14-25-20(26-32-14)13-31-17-5-2-15(3-6-17)21(29)27-8-10-28(11-9-27)22(30)18-7-4-16(23)12-19(18)24/h2-7,12H,8-11,13H2,1H3. The van der Waals surface area contributed by atoms with Gasteiger partial charge in [0, 0.05) is 43.7 Å². The molecule has 0 saturated carbocycles. The van der Waals surface area contributed by atoms with Crippen molar-refractivity contribution in [2.45, 2.75) is 13.5 Å². The van der Waals surface area contributed by atoms with E-state index in [1.165, 1.54) is 0 Å². The number of amides is 2. The normalized spacial score (nSPS) is 13.8. The molecule has 1 saturated heterocycles. The zero-order valence-electron chi connectivity index (χ0n) is 17.3. The van der Waals surface area contributed by atoms with Crippen molar-refractivity contribution >= 4 is 35.0 Å². The van der Waals surface area contributed by atoms with E-state index < -0.39 is 0 Å². The van der Waals surface area contributed by atoms with Gasteiger partial charge in [0.25, 0.3) is 11.8 Å². The largest absolute Gasteiger partial charge is 0.485 e. The lowest BCUT2D eigenvalue weighted by Gasteiger charge is -2.35. The monoisotopic (exact) mass is 474 g/mol. The van der Waals surface area contributed by atoms with Crippen LogP contribution < -0.4 is 4.74 Å². The van der Waals surface area contributed by atoms with Crippen LogP contribution in [0, 0.1) is 6.92 Å². The number of aryl methyl sites for hydroxylation is 1. The van der Waals surface area contributed by atoms with E-state index in [-0.39, 0.29) is 18.4 Å². The number of hydrogen-bond acceptors (Lipinski definition) is 6. The molecule has 0 N–H and O–H groups in total. The molecule has 1 aliphatic rings. The van der Waals surface area contributed by atoms with E-state index >= 15 is 0 Å². The molecule has 1 aromatic heterocycles. The van der Waals surface area contributed by atoms with Gasteiger partial charge in [-0.1, -0.05) is 28.4 Å². The van der Waals surface area contributed by atoms with Gasteiger partial charge in [-0.05, 0) is 42.5 Å². The average Bonchev–Trinajstić information content (AvgIpc) is 3.22. The van der Waals surface area contributed by atoms with E-state index in [0.29, 0.717) is 64.8 Å². The highest BCUT2D eigenvalue weighted by molar-refractivity contribution is 6.36. The minimum Gasteiger partial charge on any atom is -0.485 e. The SMILES string of the molecule is Cc1nc(COc2ccc(C(=O)N3CCN(C(=O)c4ccc(Cl)cc4Cl)CC3)cc2)no1. The van der Waals surface area contributed by atoms with Gasteiger partial charge in [0.05, 0.1) is 10.6 Å². The van der Waals surface area contributed by atoms with Gasteiger partial charge in [0.2, 0.25) is 11.7 Å². The van der Waals surface area contributed by atoms with Crippen LogP contribution in [0.4, 0.5) is 0 Å². The van der Waals surface area contributed by atoms with Crippen molar-refractivity contribution in [2.24, 2.45) is 0 Å². The summed E-state index contributed by atoms with van der Waals surface area (Å²) in [6.07, 6.45) is 0. The van der Waals surface area contributed by atoms with Crippen molar-refractivity contribution in [1.29, 1.82) is 0 Å². The Hall–Kier alpha value is -3.10. The Morgan fingerprint density at radius 2 is 1.66 bits per heavy atom. The molecule has 166 valence electrons. The van der Waals surface area contributed by atoms with Crippen molar-refractivity contribution in [3.05, 3.63) is 75.4 Å². The Bertz CT molecular complexity index is 1130. The summed E-state index contributed by atoms with van der Waals surface area (Å²) in [4.78, 5) is 33.1. The number of hydrogen-bond donors (Lipinski definition) is 0. The number of benzene rings is 2. The minimum atomic E-state index is -0.169. The molecule has 0 aliphatic carbocycles. The first-order valence-corrected chi connectivity index (χ1v) is 10.7. The zero-order valence-corrected chi connectivity index (χ0v) is 18.8. The molecule has 32 heavy (non-hydrogen) atoms. The maximum atomic E-state index is 12.8. The second-order valence-corrected chi connectivity index (χ2v) is 8.09. The molecule has 2 heterocycles. The summed E-state index contributed by atoms with van der Waals surface area (Å²) in [6.45, 7) is 3.61. The molecule has 2 aromatic carbocycles. The van der Waals surface area contributed by atoms with Crippen molar-refractivity contribution in [1.82, 2.24) is 19.9 Å². The average molecular weight is 475 g/mol. The van der Waals surface area contributed by atoms with Gasteiger partial charge in [-0.15, -0.1) is 0 Å². The quantitative estimate of drug-likeness (QED) is 0.557. The predicted octanol–water partition coefficient (Wildman–Crippen LogP) is 3.86. The molecule has 0 bridgehead atoms. The van der Waals surface area contributed by atoms with Crippen LogP contribution in [0.2, 0.25) is 10.0 Å². The van der Waals surface area contributed by atoms with E-state index in [1.807, 2.05) is 0 Å². The number of rotatable bonds is 5. The maximum absolute atomic E-state index is 12.8. The fraction of sp³-hybridized carbons (Fsp3) is 0.273. The molecule has 1 fully saturated rings. The summed E-state index contributed by atoms with van der Waals surface area (Å²) in [5, 5.41) is 4.56. The number of aromatic nitrogens is 2. The van der Waals surface area contributed by atoms with Crippen LogP contribution in [0.3, 0.4) is 0 Å². The van der Waals surface area contributed by atoms with E-state index in [9.17, 15) is 9.59 Å². The molecule has 4 rings (SSSR count). The lowest BCUT2D eigenvalue weighted by molar-refractivity contribution is 0.0535. The number of halogens is 2. The molecule has 10 heteroatoms. The first-order chi connectivity index (χ1) is 15.4. The van der Waals surface area contributed by atoms with Crippen molar-refractivity contribution in [2.75, 3.05) is 26.2 Å². The highest BCUT2D eigenvalue weighted by Gasteiger charge is 2.26. The number of piperazine rings is 1. The number of carbonyl (C=O) groups excluding carboxylic acids is 2. The van der Waals surface area contributed by atoms with Crippen LogP contribution >= 0.6 is 23.2 Å². The molecule has 8 nitrogen and oxygen atoms in total. The Labute approximate surface area is 194 Å². The highest BCUT2D eigenvalue weighted by Crippen LogP contribution is 2.23. The van der Waals surface area contributed by atoms with Gasteiger partial charge in [-0.25, -0.2) is 0 Å². The zero-order chi connectivity index (χ0) is 22.7. The smallest absolute Gasteiger partial charge is 0.255 e. The molecule has 0 unspecified atom stereocenters. The van der Waals surface area contributed by atoms with Gasteiger partial charge in [0.1, 0.15) is 5.75 Å². The highest BCUT2D eigenvalue weighted by atomic mass is 35.5. The molecule has 2 amide bonds. The van der Waals surface area contributed by atoms with Gasteiger partial charge < -0.3 is 19.1 Å². The Kier molecular flexibility index (Phi) is 6.62. The Morgan fingerprint density at radius 1 is 1.00 bits per heavy atom. The second-order valence-electron chi connectivity index (χ2n) is 7.25. The van der Waals surface area contributed by atoms with E-state index in [2.05, 4.69) is 10.1 Å². The van der Waals surface area contributed by atoms with Gasteiger partial charge in [-0.2, -0.15) is 4.98 Å². The fourth-order valence-corrected chi connectivity index (χ4v) is 3.86. The molecule has 0 spiro atoms. The predicted molar refractivity (Wildman–Crippen MR) is 118 cm³/mol. The lowest BCUT2D eigenvalue weighted by Crippen LogP contribution is -2.50. The van der Waals surface area contributed by atoms with Crippen LogP contribution in [0.5, 0.6) is 5.75 Å². The molecule has 3 aromatic rings. The summed E-state index contributed by atoms with van der Waals surface area (Å²) < 4.78 is 10.5. The summed E-state index contributed by atoms with van der Waals surface area (Å²) in [6, 6.07) is 11.7. The number of ether oxygens (including phenoxy) is 1. The second kappa shape index (κ2) is 9.58. The summed E-state index contributed by atoms with van der Waals surface area (Å²) in [5.74, 6) is 1.26. The molecular weight excluding hydrogens is 455 g/mol. The third kappa shape index (κ3) is 5.03. The first-order valence-electron chi connectivity index (χ1n) is 9.96. The van der Waals surface area contributed by atoms with Crippen molar-refractivity contribution in [3.63, 3.8) is 0 Å². The Balaban J connectivity index is 1.31. The van der Waals surface area contributed by atoms with E-state index in [1.54, 1.807) is 59.2 Å². The van der Waals surface area contributed by atoms with Crippen molar-refractivity contribution in [3.8, 4) is 5.75 Å². The van der Waals surface area contributed by atoms with Crippen LogP contribution in [-0.2, 0) is 6.61 Å². The summed E-state index contributed by atoms with van der Waals surface area (Å²) in [7, 11) is 0. The number of nitrogens with zero attached hydrogens (tertiary/aromatic N) is 4. The minimum absolute atomic E-state index is 0.0954. The van der Waals surface area contributed by atoms with Crippen LogP contribution in [0.15, 0.2) is 47.0 Å². The first kappa shape index (κ1) is 22.1. The van der Waals surface area contributed by atoms with Crippen LogP contribution in [0.25, 0.3) is 0 Å². The summed E-state index contributed by atoms with van der Waals surface area (Å²) >= 11 is 12.1.